The smallest absolute Gasteiger partial charge is 0.251 e. The third-order valence-corrected chi connectivity index (χ3v) is 4.06. The Labute approximate surface area is 113 Å². The molecule has 0 spiro atoms. The predicted molar refractivity (Wildman–Crippen MR) is 75.3 cm³/mol. The Hall–Kier alpha value is -1.42. The van der Waals surface area contributed by atoms with Gasteiger partial charge in [0, 0.05) is 24.9 Å². The van der Waals surface area contributed by atoms with Gasteiger partial charge in [-0.25, -0.2) is 4.98 Å². The lowest BCUT2D eigenvalue weighted by molar-refractivity contribution is 0.453. The number of rotatable bonds is 3. The molecule has 0 saturated carbocycles. The minimum absolute atomic E-state index is 0.0100. The monoisotopic (exact) mass is 259 g/mol. The molecule has 1 saturated heterocycles. The molecule has 2 aliphatic rings. The number of aromatic amines is 1. The molecule has 102 valence electrons. The van der Waals surface area contributed by atoms with Gasteiger partial charge in [0.15, 0.2) is 0 Å². The summed E-state index contributed by atoms with van der Waals surface area (Å²) >= 11 is 0. The van der Waals surface area contributed by atoms with Crippen LogP contribution in [0.2, 0.25) is 0 Å². The number of aromatic nitrogens is 2. The summed E-state index contributed by atoms with van der Waals surface area (Å²) in [6.07, 6.45) is 8.96. The summed E-state index contributed by atoms with van der Waals surface area (Å²) in [5.74, 6) is 1.23. The fourth-order valence-corrected chi connectivity index (χ4v) is 3.04. The highest BCUT2D eigenvalue weighted by Crippen LogP contribution is 2.22. The summed E-state index contributed by atoms with van der Waals surface area (Å²) in [5, 5.41) is 3.38. The topological polar surface area (TPSA) is 57.8 Å². The molecular weight excluding hydrogens is 238 g/mol. The number of hydrogen-bond donors (Lipinski definition) is 2. The molecule has 1 atom stereocenters. The summed E-state index contributed by atoms with van der Waals surface area (Å²) in [5.41, 5.74) is 2.37. The van der Waals surface area contributed by atoms with Crippen LogP contribution in [0.5, 0.6) is 0 Å². The number of H-pyrrole nitrogens is 1. The van der Waals surface area contributed by atoms with Crippen molar-refractivity contribution in [2.75, 3.05) is 13.1 Å². The second kappa shape index (κ2) is 5.70. The Morgan fingerprint density at radius 1 is 1.37 bits per heavy atom. The number of piperidine rings is 1. The first-order valence-corrected chi connectivity index (χ1v) is 7.30. The lowest BCUT2D eigenvalue weighted by atomic mass is 9.96. The third kappa shape index (κ3) is 3.13. The van der Waals surface area contributed by atoms with Crippen LogP contribution in [0, 0.1) is 0 Å². The highest BCUT2D eigenvalue weighted by molar-refractivity contribution is 5.16. The van der Waals surface area contributed by atoms with Crippen LogP contribution in [-0.2, 0) is 6.42 Å². The minimum Gasteiger partial charge on any atom is -0.316 e. The molecule has 2 N–H and O–H groups in total. The van der Waals surface area contributed by atoms with E-state index in [-0.39, 0.29) is 5.56 Å². The van der Waals surface area contributed by atoms with Gasteiger partial charge in [0.05, 0.1) is 5.69 Å². The molecule has 4 heteroatoms. The van der Waals surface area contributed by atoms with Gasteiger partial charge in [0.2, 0.25) is 0 Å². The van der Waals surface area contributed by atoms with Crippen molar-refractivity contribution in [3.8, 4) is 0 Å². The molecule has 1 fully saturated rings. The van der Waals surface area contributed by atoms with Crippen molar-refractivity contribution in [3.63, 3.8) is 0 Å². The van der Waals surface area contributed by atoms with E-state index in [1.807, 2.05) is 0 Å². The Kier molecular flexibility index (Phi) is 3.78. The zero-order chi connectivity index (χ0) is 13.1. The fourth-order valence-electron chi connectivity index (χ4n) is 3.04. The van der Waals surface area contributed by atoms with Crippen LogP contribution in [0.15, 0.2) is 22.5 Å². The van der Waals surface area contributed by atoms with Gasteiger partial charge in [0.1, 0.15) is 5.82 Å². The van der Waals surface area contributed by atoms with Gasteiger partial charge < -0.3 is 10.3 Å². The average molecular weight is 259 g/mol. The van der Waals surface area contributed by atoms with E-state index >= 15 is 0 Å². The lowest BCUT2D eigenvalue weighted by Crippen LogP contribution is -2.30. The quantitative estimate of drug-likeness (QED) is 0.815. The third-order valence-electron chi connectivity index (χ3n) is 4.06. The van der Waals surface area contributed by atoms with Crippen LogP contribution < -0.4 is 10.9 Å². The Morgan fingerprint density at radius 3 is 3.05 bits per heavy atom. The average Bonchev–Trinajstić information content (AvgIpc) is 2.92. The van der Waals surface area contributed by atoms with Crippen molar-refractivity contribution in [1.29, 1.82) is 0 Å². The Morgan fingerprint density at radius 2 is 2.32 bits per heavy atom. The van der Waals surface area contributed by atoms with Crippen LogP contribution in [0.1, 0.15) is 49.5 Å². The summed E-state index contributed by atoms with van der Waals surface area (Å²) < 4.78 is 0. The molecule has 1 aromatic rings. The van der Waals surface area contributed by atoms with Crippen LogP contribution in [-0.4, -0.2) is 23.1 Å². The van der Waals surface area contributed by atoms with E-state index in [1.54, 1.807) is 6.07 Å². The molecule has 1 aliphatic carbocycles. The number of allylic oxidation sites excluding steroid dienone is 2. The molecule has 0 bridgehead atoms. The van der Waals surface area contributed by atoms with Gasteiger partial charge in [0.25, 0.3) is 5.56 Å². The van der Waals surface area contributed by atoms with Crippen LogP contribution in [0.4, 0.5) is 0 Å². The largest absolute Gasteiger partial charge is 0.316 e. The Bertz CT molecular complexity index is 526. The van der Waals surface area contributed by atoms with Crippen molar-refractivity contribution in [2.24, 2.45) is 0 Å². The van der Waals surface area contributed by atoms with Gasteiger partial charge in [-0.2, -0.15) is 0 Å². The van der Waals surface area contributed by atoms with Gasteiger partial charge in [-0.1, -0.05) is 11.6 Å². The molecular formula is C15H21N3O. The Balaban J connectivity index is 1.80. The number of nitrogens with zero attached hydrogens (tertiary/aromatic N) is 1. The van der Waals surface area contributed by atoms with E-state index in [2.05, 4.69) is 21.4 Å². The van der Waals surface area contributed by atoms with Crippen LogP contribution in [0.3, 0.4) is 0 Å². The lowest BCUT2D eigenvalue weighted by Gasteiger charge is -2.22. The van der Waals surface area contributed by atoms with Crippen molar-refractivity contribution in [3.05, 3.63) is 39.6 Å². The standard InChI is InChI=1S/C15H21N3O/c19-15-9-13(12-6-3-7-16-10-12)17-14(18-15)8-11-4-1-2-5-11/h4,9,12,16H,1-3,5-8,10H2,(H,17,18,19). The van der Waals surface area contributed by atoms with E-state index in [9.17, 15) is 4.79 Å². The number of hydrogen-bond acceptors (Lipinski definition) is 3. The van der Waals surface area contributed by atoms with Crippen LogP contribution in [0.25, 0.3) is 0 Å². The van der Waals surface area contributed by atoms with Gasteiger partial charge in [-0.15, -0.1) is 0 Å². The highest BCUT2D eigenvalue weighted by Gasteiger charge is 2.18. The predicted octanol–water partition coefficient (Wildman–Crippen LogP) is 1.89. The maximum Gasteiger partial charge on any atom is 0.251 e. The van der Waals surface area contributed by atoms with E-state index in [1.165, 1.54) is 24.8 Å². The summed E-state index contributed by atoms with van der Waals surface area (Å²) in [4.78, 5) is 19.4. The molecule has 0 aromatic carbocycles. The van der Waals surface area contributed by atoms with Crippen molar-refractivity contribution < 1.29 is 0 Å². The molecule has 4 nitrogen and oxygen atoms in total. The molecule has 0 radical (unpaired) electrons. The zero-order valence-electron chi connectivity index (χ0n) is 11.2. The first-order valence-electron chi connectivity index (χ1n) is 7.30. The molecule has 1 unspecified atom stereocenters. The minimum atomic E-state index is -0.0100. The maximum absolute atomic E-state index is 11.8. The first-order chi connectivity index (χ1) is 9.31. The second-order valence-corrected chi connectivity index (χ2v) is 5.59. The highest BCUT2D eigenvalue weighted by atomic mass is 16.1. The molecule has 19 heavy (non-hydrogen) atoms. The summed E-state index contributed by atoms with van der Waals surface area (Å²) in [7, 11) is 0. The molecule has 0 amide bonds. The van der Waals surface area contributed by atoms with E-state index < -0.39 is 0 Å². The SMILES string of the molecule is O=c1cc(C2CCCNC2)nc(CC2=CCCC2)[nH]1. The van der Waals surface area contributed by atoms with E-state index in [0.29, 0.717) is 5.92 Å². The fraction of sp³-hybridized carbons (Fsp3) is 0.600. The van der Waals surface area contributed by atoms with E-state index in [0.717, 1.165) is 43.9 Å². The zero-order valence-corrected chi connectivity index (χ0v) is 11.2. The maximum atomic E-state index is 11.8. The number of nitrogens with one attached hydrogen (secondary N) is 2. The van der Waals surface area contributed by atoms with E-state index in [4.69, 9.17) is 0 Å². The second-order valence-electron chi connectivity index (χ2n) is 5.59. The van der Waals surface area contributed by atoms with Crippen molar-refractivity contribution in [1.82, 2.24) is 15.3 Å². The first kappa shape index (κ1) is 12.6. The molecule has 1 aromatic heterocycles. The van der Waals surface area contributed by atoms with Crippen LogP contribution >= 0.6 is 0 Å². The molecule has 3 rings (SSSR count). The molecule has 1 aliphatic heterocycles. The summed E-state index contributed by atoms with van der Waals surface area (Å²) in [6.45, 7) is 2.03. The van der Waals surface area contributed by atoms with Gasteiger partial charge >= 0.3 is 0 Å². The molecule has 2 heterocycles. The summed E-state index contributed by atoms with van der Waals surface area (Å²) in [6, 6.07) is 1.67. The van der Waals surface area contributed by atoms with Gasteiger partial charge in [-0.05, 0) is 38.6 Å². The normalized spacial score (nSPS) is 23.4. The van der Waals surface area contributed by atoms with Gasteiger partial charge in [-0.3, -0.25) is 4.79 Å². The van der Waals surface area contributed by atoms with Crippen molar-refractivity contribution in [2.45, 2.75) is 44.4 Å². The van der Waals surface area contributed by atoms with Crippen molar-refractivity contribution >= 4 is 0 Å².